The molecule has 1 aromatic heterocycles. The average Bonchev–Trinajstić information content (AvgIpc) is 3.15. The highest BCUT2D eigenvalue weighted by atomic mass is 127. The zero-order valence-corrected chi connectivity index (χ0v) is 16.7. The number of halogens is 1. The van der Waals surface area contributed by atoms with Gasteiger partial charge in [-0.05, 0) is 26.7 Å². The van der Waals surface area contributed by atoms with E-state index in [0.29, 0.717) is 5.41 Å². The predicted molar refractivity (Wildman–Crippen MR) is 101 cm³/mol. The Labute approximate surface area is 153 Å². The van der Waals surface area contributed by atoms with Crippen LogP contribution in [0.3, 0.4) is 0 Å². The molecule has 2 aliphatic rings. The maximum atomic E-state index is 5.60. The summed E-state index contributed by atoms with van der Waals surface area (Å²) < 4.78 is 5.60. The third-order valence-electron chi connectivity index (χ3n) is 4.54. The Kier molecular flexibility index (Phi) is 6.07. The van der Waals surface area contributed by atoms with Crippen LogP contribution in [0.15, 0.2) is 4.99 Å². The van der Waals surface area contributed by atoms with Gasteiger partial charge in [-0.3, -0.25) is 4.99 Å². The summed E-state index contributed by atoms with van der Waals surface area (Å²) in [5.41, 5.74) is 1.50. The maximum Gasteiger partial charge on any atom is 0.193 e. The minimum absolute atomic E-state index is 0. The lowest BCUT2D eigenvalue weighted by Crippen LogP contribution is -2.41. The number of aliphatic imine (C=N–C) groups is 1. The molecule has 3 rings (SSSR count). The minimum Gasteiger partial charge on any atom is -0.381 e. The number of rotatable bonds is 2. The molecular formula is C15H25IN4OS. The first kappa shape index (κ1) is 17.9. The highest BCUT2D eigenvalue weighted by molar-refractivity contribution is 14.0. The zero-order chi connectivity index (χ0) is 14.9. The predicted octanol–water partition coefficient (Wildman–Crippen LogP) is 2.57. The Balaban J connectivity index is 0.00000176. The van der Waals surface area contributed by atoms with E-state index >= 15 is 0 Å². The number of nitrogens with zero attached hydrogens (tertiary/aromatic N) is 3. The van der Waals surface area contributed by atoms with Crippen LogP contribution < -0.4 is 5.32 Å². The van der Waals surface area contributed by atoms with Gasteiger partial charge in [0.15, 0.2) is 5.96 Å². The van der Waals surface area contributed by atoms with E-state index in [1.807, 2.05) is 7.05 Å². The van der Waals surface area contributed by atoms with E-state index in [2.05, 4.69) is 34.0 Å². The van der Waals surface area contributed by atoms with Gasteiger partial charge in [0.05, 0.1) is 23.9 Å². The third kappa shape index (κ3) is 3.73. The van der Waals surface area contributed by atoms with Crippen molar-refractivity contribution < 1.29 is 4.74 Å². The molecule has 0 aromatic carbocycles. The lowest BCUT2D eigenvalue weighted by Gasteiger charge is -2.24. The number of likely N-dealkylation sites (tertiary alicyclic amines) is 1. The number of thiazole rings is 1. The number of ether oxygens (including phenoxy) is 1. The van der Waals surface area contributed by atoms with Crippen molar-refractivity contribution in [2.24, 2.45) is 10.4 Å². The van der Waals surface area contributed by atoms with E-state index in [1.54, 1.807) is 11.3 Å². The summed E-state index contributed by atoms with van der Waals surface area (Å²) in [6.45, 7) is 8.90. The summed E-state index contributed by atoms with van der Waals surface area (Å²) in [5, 5.41) is 4.62. The van der Waals surface area contributed by atoms with E-state index in [0.717, 1.165) is 49.5 Å². The van der Waals surface area contributed by atoms with Crippen molar-refractivity contribution in [1.29, 1.82) is 0 Å². The molecule has 124 valence electrons. The van der Waals surface area contributed by atoms with E-state index in [9.17, 15) is 0 Å². The van der Waals surface area contributed by atoms with E-state index in [1.165, 1.54) is 17.7 Å². The summed E-state index contributed by atoms with van der Waals surface area (Å²) in [7, 11) is 1.86. The summed E-state index contributed by atoms with van der Waals surface area (Å²) in [5.74, 6) is 1.00. The monoisotopic (exact) mass is 436 g/mol. The van der Waals surface area contributed by atoms with Gasteiger partial charge in [-0.1, -0.05) is 0 Å². The molecule has 1 unspecified atom stereocenters. The van der Waals surface area contributed by atoms with Crippen molar-refractivity contribution in [3.05, 3.63) is 15.6 Å². The molecule has 5 nitrogen and oxygen atoms in total. The molecule has 2 fully saturated rings. The van der Waals surface area contributed by atoms with Gasteiger partial charge in [0.1, 0.15) is 0 Å². The topological polar surface area (TPSA) is 49.8 Å². The molecule has 1 N–H and O–H groups in total. The van der Waals surface area contributed by atoms with Crippen LogP contribution >= 0.6 is 35.3 Å². The second kappa shape index (κ2) is 7.44. The molecule has 1 atom stereocenters. The number of hydrogen-bond donors (Lipinski definition) is 1. The van der Waals surface area contributed by atoms with Crippen LogP contribution in [0.5, 0.6) is 0 Å². The number of guanidine groups is 1. The molecule has 7 heteroatoms. The Morgan fingerprint density at radius 3 is 2.86 bits per heavy atom. The maximum absolute atomic E-state index is 5.60. The molecule has 0 amide bonds. The van der Waals surface area contributed by atoms with Gasteiger partial charge < -0.3 is 15.0 Å². The van der Waals surface area contributed by atoms with E-state index < -0.39 is 0 Å². The second-order valence-corrected chi connectivity index (χ2v) is 7.40. The van der Waals surface area contributed by atoms with E-state index in [-0.39, 0.29) is 24.0 Å². The fourth-order valence-corrected chi connectivity index (χ4v) is 4.19. The van der Waals surface area contributed by atoms with Crippen LogP contribution in [0, 0.1) is 19.3 Å². The van der Waals surface area contributed by atoms with Crippen molar-refractivity contribution in [1.82, 2.24) is 15.2 Å². The lowest BCUT2D eigenvalue weighted by molar-refractivity contribution is 0.156. The van der Waals surface area contributed by atoms with Gasteiger partial charge in [-0.15, -0.1) is 35.3 Å². The first-order valence-electron chi connectivity index (χ1n) is 7.58. The van der Waals surface area contributed by atoms with Crippen molar-refractivity contribution in [2.75, 3.05) is 33.4 Å². The summed E-state index contributed by atoms with van der Waals surface area (Å²) in [4.78, 5) is 12.6. The smallest absolute Gasteiger partial charge is 0.193 e. The highest BCUT2D eigenvalue weighted by Crippen LogP contribution is 2.38. The molecule has 1 aromatic rings. The average molecular weight is 436 g/mol. The van der Waals surface area contributed by atoms with Gasteiger partial charge in [-0.2, -0.15) is 0 Å². The normalized spacial score (nSPS) is 24.9. The molecule has 0 bridgehead atoms. The molecule has 0 saturated carbocycles. The van der Waals surface area contributed by atoms with Gasteiger partial charge >= 0.3 is 0 Å². The van der Waals surface area contributed by atoms with Crippen LogP contribution in [0.4, 0.5) is 0 Å². The van der Waals surface area contributed by atoms with Crippen LogP contribution in [0.2, 0.25) is 0 Å². The first-order chi connectivity index (χ1) is 10.1. The summed E-state index contributed by atoms with van der Waals surface area (Å²) in [6.07, 6.45) is 2.40. The largest absolute Gasteiger partial charge is 0.381 e. The Bertz CT molecular complexity index is 540. The Morgan fingerprint density at radius 1 is 1.45 bits per heavy atom. The second-order valence-electron chi connectivity index (χ2n) is 6.12. The number of hydrogen-bond acceptors (Lipinski definition) is 4. The molecule has 22 heavy (non-hydrogen) atoms. The quantitative estimate of drug-likeness (QED) is 0.440. The van der Waals surface area contributed by atoms with Gasteiger partial charge in [0.25, 0.3) is 0 Å². The molecule has 2 aliphatic heterocycles. The number of aromatic nitrogens is 1. The highest BCUT2D eigenvalue weighted by Gasteiger charge is 2.42. The summed E-state index contributed by atoms with van der Waals surface area (Å²) >= 11 is 1.76. The van der Waals surface area contributed by atoms with Crippen molar-refractivity contribution in [2.45, 2.75) is 33.2 Å². The third-order valence-corrected chi connectivity index (χ3v) is 5.61. The minimum atomic E-state index is 0. The standard InChI is InChI=1S/C15H24N4OS.HI/c1-11-13(21-12(2)18-11)8-17-14(16-3)19-6-4-15(9-19)5-7-20-10-15;/h4-10H2,1-3H3,(H,16,17);1H. The van der Waals surface area contributed by atoms with Crippen LogP contribution in [-0.4, -0.2) is 49.2 Å². The number of aryl methyl sites for hydroxylation is 2. The lowest BCUT2D eigenvalue weighted by atomic mass is 9.87. The van der Waals surface area contributed by atoms with Crippen LogP contribution in [0.1, 0.15) is 28.4 Å². The van der Waals surface area contributed by atoms with E-state index in [4.69, 9.17) is 4.74 Å². The molecule has 0 radical (unpaired) electrons. The fraction of sp³-hybridized carbons (Fsp3) is 0.733. The molecular weight excluding hydrogens is 411 g/mol. The van der Waals surface area contributed by atoms with Crippen molar-refractivity contribution in [3.63, 3.8) is 0 Å². The number of nitrogens with one attached hydrogen (secondary N) is 1. The van der Waals surface area contributed by atoms with Gasteiger partial charge in [0.2, 0.25) is 0 Å². The van der Waals surface area contributed by atoms with Crippen molar-refractivity contribution in [3.8, 4) is 0 Å². The summed E-state index contributed by atoms with van der Waals surface area (Å²) in [6, 6.07) is 0. The zero-order valence-electron chi connectivity index (χ0n) is 13.5. The van der Waals surface area contributed by atoms with Gasteiger partial charge in [0, 0.05) is 37.0 Å². The first-order valence-corrected chi connectivity index (χ1v) is 8.40. The van der Waals surface area contributed by atoms with Crippen LogP contribution in [0.25, 0.3) is 0 Å². The fourth-order valence-electron chi connectivity index (χ4n) is 3.32. The SMILES string of the molecule is CN=C(NCc1sc(C)nc1C)N1CCC2(CCOC2)C1.I. The molecule has 3 heterocycles. The Morgan fingerprint density at radius 2 is 2.27 bits per heavy atom. The Hall–Kier alpha value is -0.410. The van der Waals surface area contributed by atoms with Gasteiger partial charge in [-0.25, -0.2) is 4.98 Å². The molecule has 2 saturated heterocycles. The molecule has 0 aliphatic carbocycles. The molecule has 1 spiro atoms. The van der Waals surface area contributed by atoms with Crippen LogP contribution in [-0.2, 0) is 11.3 Å². The van der Waals surface area contributed by atoms with Crippen molar-refractivity contribution >= 4 is 41.3 Å².